The number of hydrogen-bond acceptors (Lipinski definition) is 3. The molecule has 1 aliphatic rings. The van der Waals surface area contributed by atoms with Crippen molar-refractivity contribution in [2.75, 3.05) is 27.3 Å². The maximum Gasteiger partial charge on any atom is 0.118 e. The van der Waals surface area contributed by atoms with Gasteiger partial charge in [-0.3, -0.25) is 0 Å². The van der Waals surface area contributed by atoms with E-state index in [0.29, 0.717) is 5.92 Å². The molecule has 94 valence electrons. The van der Waals surface area contributed by atoms with Crippen molar-refractivity contribution < 1.29 is 9.47 Å². The van der Waals surface area contributed by atoms with Gasteiger partial charge in [0.05, 0.1) is 13.2 Å². The van der Waals surface area contributed by atoms with Crippen molar-refractivity contribution in [3.05, 3.63) is 29.8 Å². The van der Waals surface area contributed by atoms with E-state index in [1.807, 2.05) is 12.1 Å². The zero-order chi connectivity index (χ0) is 12.1. The molecule has 0 saturated carbocycles. The van der Waals surface area contributed by atoms with E-state index < -0.39 is 0 Å². The first-order chi connectivity index (χ1) is 8.35. The average Bonchev–Trinajstić information content (AvgIpc) is 2.42. The van der Waals surface area contributed by atoms with Crippen LogP contribution in [0, 0.1) is 5.92 Å². The summed E-state index contributed by atoms with van der Waals surface area (Å²) in [6.07, 6.45) is 2.58. The van der Waals surface area contributed by atoms with Crippen molar-refractivity contribution in [2.24, 2.45) is 5.92 Å². The summed E-state index contributed by atoms with van der Waals surface area (Å²) in [6, 6.07) is 8.22. The van der Waals surface area contributed by atoms with Crippen LogP contribution in [0.3, 0.4) is 0 Å². The minimum absolute atomic E-state index is 0.211. The van der Waals surface area contributed by atoms with Crippen molar-refractivity contribution in [1.82, 2.24) is 5.32 Å². The Morgan fingerprint density at radius 1 is 1.12 bits per heavy atom. The lowest BCUT2D eigenvalue weighted by Gasteiger charge is -2.30. The zero-order valence-corrected chi connectivity index (χ0v) is 10.6. The van der Waals surface area contributed by atoms with Crippen LogP contribution in [-0.2, 0) is 4.74 Å². The molecule has 0 radical (unpaired) electrons. The topological polar surface area (TPSA) is 30.5 Å². The lowest BCUT2D eigenvalue weighted by molar-refractivity contribution is 0.0383. The van der Waals surface area contributed by atoms with Crippen molar-refractivity contribution in [3.63, 3.8) is 0 Å². The van der Waals surface area contributed by atoms with Gasteiger partial charge in [-0.1, -0.05) is 12.1 Å². The normalized spacial score (nSPS) is 18.9. The van der Waals surface area contributed by atoms with E-state index in [2.05, 4.69) is 17.4 Å². The molecular formula is C14H21NO2. The van der Waals surface area contributed by atoms with Gasteiger partial charge in [0.25, 0.3) is 0 Å². The predicted molar refractivity (Wildman–Crippen MR) is 68.3 cm³/mol. The highest BCUT2D eigenvalue weighted by atomic mass is 16.5. The summed E-state index contributed by atoms with van der Waals surface area (Å²) in [6.45, 7) is 2.20. The molecule has 0 aliphatic carbocycles. The molecule has 17 heavy (non-hydrogen) atoms. The molecule has 0 spiro atoms. The van der Waals surface area contributed by atoms with Gasteiger partial charge in [-0.2, -0.15) is 0 Å². The van der Waals surface area contributed by atoms with Crippen LogP contribution in [0.15, 0.2) is 24.3 Å². The van der Waals surface area contributed by atoms with Gasteiger partial charge in [0.15, 0.2) is 0 Å². The molecule has 1 N–H and O–H groups in total. The summed E-state index contributed by atoms with van der Waals surface area (Å²) in [4.78, 5) is 0. The summed E-state index contributed by atoms with van der Waals surface area (Å²) < 4.78 is 10.9. The molecule has 0 aromatic heterocycles. The first-order valence-corrected chi connectivity index (χ1v) is 6.22. The average molecular weight is 235 g/mol. The molecule has 1 aliphatic heterocycles. The van der Waals surface area contributed by atoms with Crippen LogP contribution < -0.4 is 10.1 Å². The lowest BCUT2D eigenvalue weighted by atomic mass is 9.88. The Labute approximate surface area is 103 Å². The monoisotopic (exact) mass is 235 g/mol. The molecule has 1 unspecified atom stereocenters. The Balaban J connectivity index is 2.10. The highest BCUT2D eigenvalue weighted by Gasteiger charge is 2.24. The zero-order valence-electron chi connectivity index (χ0n) is 10.6. The van der Waals surface area contributed by atoms with E-state index in [-0.39, 0.29) is 6.10 Å². The third-order valence-electron chi connectivity index (χ3n) is 3.51. The Morgan fingerprint density at radius 2 is 1.76 bits per heavy atom. The summed E-state index contributed by atoms with van der Waals surface area (Å²) in [7, 11) is 3.49. The van der Waals surface area contributed by atoms with E-state index >= 15 is 0 Å². The minimum atomic E-state index is 0.211. The second-order valence-electron chi connectivity index (χ2n) is 4.52. The SMILES string of the molecule is COc1ccc(C(OC)C2CCNCC2)cc1. The van der Waals surface area contributed by atoms with Crippen LogP contribution in [0.5, 0.6) is 5.75 Å². The fourth-order valence-electron chi connectivity index (χ4n) is 2.54. The van der Waals surface area contributed by atoms with E-state index in [9.17, 15) is 0 Å². The smallest absolute Gasteiger partial charge is 0.118 e. The number of benzene rings is 1. The van der Waals surface area contributed by atoms with Crippen molar-refractivity contribution in [1.29, 1.82) is 0 Å². The van der Waals surface area contributed by atoms with Gasteiger partial charge in [0.2, 0.25) is 0 Å². The number of nitrogens with one attached hydrogen (secondary N) is 1. The fourth-order valence-corrected chi connectivity index (χ4v) is 2.54. The van der Waals surface area contributed by atoms with Crippen LogP contribution in [0.2, 0.25) is 0 Å². The maximum atomic E-state index is 5.68. The van der Waals surface area contributed by atoms with Gasteiger partial charge < -0.3 is 14.8 Å². The van der Waals surface area contributed by atoms with Crippen molar-refractivity contribution >= 4 is 0 Å². The molecule has 3 nitrogen and oxygen atoms in total. The number of methoxy groups -OCH3 is 2. The Hall–Kier alpha value is -1.06. The van der Waals surface area contributed by atoms with Gasteiger partial charge in [-0.25, -0.2) is 0 Å². The van der Waals surface area contributed by atoms with Crippen LogP contribution >= 0.6 is 0 Å². The first-order valence-electron chi connectivity index (χ1n) is 6.22. The molecule has 1 saturated heterocycles. The Morgan fingerprint density at radius 3 is 2.29 bits per heavy atom. The molecule has 0 amide bonds. The summed E-state index contributed by atoms with van der Waals surface area (Å²) in [5.74, 6) is 1.52. The van der Waals surface area contributed by atoms with Crippen LogP contribution in [0.4, 0.5) is 0 Å². The summed E-state index contributed by atoms with van der Waals surface area (Å²) >= 11 is 0. The molecule has 3 heteroatoms. The number of hydrogen-bond donors (Lipinski definition) is 1. The Bertz CT molecular complexity index is 331. The van der Waals surface area contributed by atoms with Gasteiger partial charge in [-0.15, -0.1) is 0 Å². The van der Waals surface area contributed by atoms with E-state index in [1.54, 1.807) is 14.2 Å². The molecular weight excluding hydrogens is 214 g/mol. The number of rotatable bonds is 4. The summed E-state index contributed by atoms with van der Waals surface area (Å²) in [5, 5.41) is 3.39. The number of piperidine rings is 1. The summed E-state index contributed by atoms with van der Waals surface area (Å²) in [5.41, 5.74) is 1.25. The molecule has 1 heterocycles. The van der Waals surface area contributed by atoms with Crippen LogP contribution in [-0.4, -0.2) is 27.3 Å². The molecule has 1 aromatic carbocycles. The molecule has 2 rings (SSSR count). The van der Waals surface area contributed by atoms with Crippen molar-refractivity contribution in [2.45, 2.75) is 18.9 Å². The largest absolute Gasteiger partial charge is 0.497 e. The third kappa shape index (κ3) is 2.99. The molecule has 0 bridgehead atoms. The standard InChI is InChI=1S/C14H21NO2/c1-16-13-5-3-11(4-6-13)14(17-2)12-7-9-15-10-8-12/h3-6,12,14-15H,7-10H2,1-2H3. The maximum absolute atomic E-state index is 5.68. The minimum Gasteiger partial charge on any atom is -0.497 e. The Kier molecular flexibility index (Phi) is 4.40. The van der Waals surface area contributed by atoms with Crippen molar-refractivity contribution in [3.8, 4) is 5.75 Å². The number of ether oxygens (including phenoxy) is 2. The highest BCUT2D eigenvalue weighted by Crippen LogP contribution is 2.32. The van der Waals surface area contributed by atoms with Gasteiger partial charge in [0.1, 0.15) is 5.75 Å². The first kappa shape index (κ1) is 12.4. The molecule has 1 atom stereocenters. The third-order valence-corrected chi connectivity index (χ3v) is 3.51. The van der Waals surface area contributed by atoms with Gasteiger partial charge in [-0.05, 0) is 49.5 Å². The lowest BCUT2D eigenvalue weighted by Crippen LogP contribution is -2.31. The van der Waals surface area contributed by atoms with Crippen LogP contribution in [0.1, 0.15) is 24.5 Å². The fraction of sp³-hybridized carbons (Fsp3) is 0.571. The van der Waals surface area contributed by atoms with E-state index in [1.165, 1.54) is 18.4 Å². The quantitative estimate of drug-likeness (QED) is 0.869. The molecule has 1 fully saturated rings. The molecule has 1 aromatic rings. The van der Waals surface area contributed by atoms with Gasteiger partial charge in [0, 0.05) is 7.11 Å². The van der Waals surface area contributed by atoms with Gasteiger partial charge >= 0.3 is 0 Å². The second kappa shape index (κ2) is 6.03. The highest BCUT2D eigenvalue weighted by molar-refractivity contribution is 5.28. The van der Waals surface area contributed by atoms with E-state index in [0.717, 1.165) is 18.8 Å². The predicted octanol–water partition coefficient (Wildman–Crippen LogP) is 2.38. The second-order valence-corrected chi connectivity index (χ2v) is 4.52. The van der Waals surface area contributed by atoms with Crippen LogP contribution in [0.25, 0.3) is 0 Å². The van der Waals surface area contributed by atoms with E-state index in [4.69, 9.17) is 9.47 Å².